The molecular weight excluding hydrogens is 332 g/mol. The Bertz CT molecular complexity index is 1130. The predicted molar refractivity (Wildman–Crippen MR) is 96.4 cm³/mol. The second-order valence-corrected chi connectivity index (χ2v) is 6.11. The molecule has 1 amide bonds. The van der Waals surface area contributed by atoms with Gasteiger partial charge in [-0.2, -0.15) is 15.3 Å². The maximum atomic E-state index is 11.7. The Hall–Kier alpha value is -3.49. The first-order chi connectivity index (χ1) is 12.5. The largest absolute Gasteiger partial charge is 0.366 e. The number of carbonyl (C=O) groups excluding carboxylic acids is 1. The number of nitrogens with two attached hydrogens (primary N) is 1. The first-order valence-corrected chi connectivity index (χ1v) is 8.24. The number of nitrogens with zero attached hydrogens (tertiary/aromatic N) is 5. The highest BCUT2D eigenvalue weighted by molar-refractivity contribution is 6.02. The van der Waals surface area contributed by atoms with E-state index in [1.54, 1.807) is 12.1 Å². The number of primary amides is 1. The highest BCUT2D eigenvalue weighted by Gasteiger charge is 2.18. The molecule has 0 spiro atoms. The van der Waals surface area contributed by atoms with Crippen LogP contribution in [0.3, 0.4) is 0 Å². The van der Waals surface area contributed by atoms with E-state index in [1.807, 2.05) is 31.5 Å². The second kappa shape index (κ2) is 5.80. The zero-order valence-corrected chi connectivity index (χ0v) is 14.7. The van der Waals surface area contributed by atoms with E-state index in [1.165, 1.54) is 0 Å². The normalized spacial score (nSPS) is 11.3. The number of benzene rings is 1. The van der Waals surface area contributed by atoms with Crippen LogP contribution in [0.5, 0.6) is 0 Å². The number of aryl methyl sites for hydroxylation is 3. The van der Waals surface area contributed by atoms with Crippen LogP contribution in [0.15, 0.2) is 18.2 Å². The number of fused-ring (bicyclic) bond motifs is 1. The van der Waals surface area contributed by atoms with Gasteiger partial charge in [-0.05, 0) is 39.0 Å². The second-order valence-electron chi connectivity index (χ2n) is 6.11. The molecule has 3 aromatic heterocycles. The Morgan fingerprint density at radius 3 is 2.73 bits per heavy atom. The monoisotopic (exact) mass is 350 g/mol. The SMILES string of the molecule is CCn1nc(C)cc1-c1n[nH]c(-c2cc(C(N)=O)cc3c(C)n[nH]c23)n1. The van der Waals surface area contributed by atoms with Gasteiger partial charge in [0.05, 0.1) is 16.9 Å². The van der Waals surface area contributed by atoms with E-state index in [4.69, 9.17) is 5.73 Å². The lowest BCUT2D eigenvalue weighted by Gasteiger charge is -2.03. The molecule has 0 aliphatic rings. The minimum atomic E-state index is -0.506. The van der Waals surface area contributed by atoms with E-state index < -0.39 is 5.91 Å². The highest BCUT2D eigenvalue weighted by atomic mass is 16.1. The molecule has 0 saturated carbocycles. The van der Waals surface area contributed by atoms with Crippen molar-refractivity contribution >= 4 is 16.8 Å². The fourth-order valence-corrected chi connectivity index (χ4v) is 3.04. The fraction of sp³-hybridized carbons (Fsp3) is 0.235. The van der Waals surface area contributed by atoms with Crippen LogP contribution in [-0.4, -0.2) is 41.1 Å². The lowest BCUT2D eigenvalue weighted by Crippen LogP contribution is -2.11. The van der Waals surface area contributed by atoms with Crippen molar-refractivity contribution in [2.45, 2.75) is 27.3 Å². The van der Waals surface area contributed by atoms with Gasteiger partial charge in [-0.15, -0.1) is 0 Å². The summed E-state index contributed by atoms with van der Waals surface area (Å²) >= 11 is 0. The molecule has 9 nitrogen and oxygen atoms in total. The number of carbonyl (C=O) groups is 1. The highest BCUT2D eigenvalue weighted by Crippen LogP contribution is 2.29. The molecule has 1 aromatic carbocycles. The average molecular weight is 350 g/mol. The Balaban J connectivity index is 1.89. The number of aromatic nitrogens is 7. The van der Waals surface area contributed by atoms with E-state index in [0.717, 1.165) is 28.0 Å². The molecule has 9 heteroatoms. The maximum Gasteiger partial charge on any atom is 0.248 e. The Morgan fingerprint density at radius 1 is 1.19 bits per heavy atom. The first-order valence-electron chi connectivity index (χ1n) is 8.24. The van der Waals surface area contributed by atoms with Crippen LogP contribution in [0.4, 0.5) is 0 Å². The number of hydrogen-bond acceptors (Lipinski definition) is 5. The topological polar surface area (TPSA) is 131 Å². The minimum absolute atomic E-state index is 0.393. The molecule has 26 heavy (non-hydrogen) atoms. The smallest absolute Gasteiger partial charge is 0.248 e. The summed E-state index contributed by atoms with van der Waals surface area (Å²) in [5, 5.41) is 19.7. The van der Waals surface area contributed by atoms with E-state index in [-0.39, 0.29) is 0 Å². The molecule has 0 fully saturated rings. The summed E-state index contributed by atoms with van der Waals surface area (Å²) in [5.74, 6) is 0.558. The summed E-state index contributed by atoms with van der Waals surface area (Å²) in [4.78, 5) is 16.3. The summed E-state index contributed by atoms with van der Waals surface area (Å²) in [7, 11) is 0. The van der Waals surface area contributed by atoms with Crippen molar-refractivity contribution < 1.29 is 4.79 Å². The van der Waals surface area contributed by atoms with Crippen LogP contribution in [-0.2, 0) is 6.54 Å². The summed E-state index contributed by atoms with van der Waals surface area (Å²) in [6.07, 6.45) is 0. The molecule has 4 aromatic rings. The Kier molecular flexibility index (Phi) is 3.57. The van der Waals surface area contributed by atoms with Gasteiger partial charge in [0.2, 0.25) is 5.91 Å². The van der Waals surface area contributed by atoms with Crippen LogP contribution < -0.4 is 5.73 Å². The quantitative estimate of drug-likeness (QED) is 0.517. The fourth-order valence-electron chi connectivity index (χ4n) is 3.04. The van der Waals surface area contributed by atoms with Crippen LogP contribution in [0.25, 0.3) is 33.8 Å². The van der Waals surface area contributed by atoms with Crippen molar-refractivity contribution in [1.82, 2.24) is 35.2 Å². The van der Waals surface area contributed by atoms with Crippen molar-refractivity contribution in [3.05, 3.63) is 35.2 Å². The Morgan fingerprint density at radius 2 is 2.00 bits per heavy atom. The van der Waals surface area contributed by atoms with Gasteiger partial charge in [-0.1, -0.05) is 0 Å². The van der Waals surface area contributed by atoms with Crippen molar-refractivity contribution in [1.29, 1.82) is 0 Å². The van der Waals surface area contributed by atoms with Gasteiger partial charge < -0.3 is 5.73 Å². The summed E-state index contributed by atoms with van der Waals surface area (Å²) in [6, 6.07) is 5.36. The number of amides is 1. The number of aromatic amines is 2. The van der Waals surface area contributed by atoms with Crippen LogP contribution >= 0.6 is 0 Å². The third-order valence-electron chi connectivity index (χ3n) is 4.32. The average Bonchev–Trinajstić information content (AvgIpc) is 3.32. The lowest BCUT2D eigenvalue weighted by molar-refractivity contribution is 0.100. The van der Waals surface area contributed by atoms with Gasteiger partial charge in [0, 0.05) is 23.1 Å². The number of nitrogens with one attached hydrogen (secondary N) is 2. The van der Waals surface area contributed by atoms with Gasteiger partial charge in [0.1, 0.15) is 5.69 Å². The molecule has 4 rings (SSSR count). The zero-order chi connectivity index (χ0) is 18.4. The van der Waals surface area contributed by atoms with E-state index in [2.05, 4.69) is 30.5 Å². The molecule has 0 aliphatic heterocycles. The van der Waals surface area contributed by atoms with Gasteiger partial charge >= 0.3 is 0 Å². The van der Waals surface area contributed by atoms with Crippen LogP contribution in [0, 0.1) is 13.8 Å². The standard InChI is InChI=1S/C17H18N8O/c1-4-25-13(5-8(2)24-25)17-19-16(22-23-17)12-7-10(15(18)26)6-11-9(3)20-21-14(11)12/h5-7H,4H2,1-3H3,(H2,18,26)(H,20,21)(H,19,22,23). The predicted octanol–water partition coefficient (Wildman–Crippen LogP) is 1.95. The molecule has 0 saturated heterocycles. The third kappa shape index (κ3) is 2.44. The number of H-pyrrole nitrogens is 2. The molecule has 0 atom stereocenters. The zero-order valence-electron chi connectivity index (χ0n) is 14.7. The van der Waals surface area contributed by atoms with Crippen molar-refractivity contribution in [2.75, 3.05) is 0 Å². The molecule has 0 bridgehead atoms. The number of rotatable bonds is 4. The molecule has 132 valence electrons. The van der Waals surface area contributed by atoms with Crippen molar-refractivity contribution in [3.63, 3.8) is 0 Å². The van der Waals surface area contributed by atoms with E-state index in [9.17, 15) is 4.79 Å². The summed E-state index contributed by atoms with van der Waals surface area (Å²) in [5.41, 5.74) is 9.85. The molecule has 0 aliphatic carbocycles. The van der Waals surface area contributed by atoms with Crippen molar-refractivity contribution in [3.8, 4) is 22.9 Å². The Labute approximate surface area is 148 Å². The molecular formula is C17H18N8O. The molecule has 0 unspecified atom stereocenters. The molecule has 0 radical (unpaired) electrons. The third-order valence-corrected chi connectivity index (χ3v) is 4.32. The van der Waals surface area contributed by atoms with Gasteiger partial charge in [0.15, 0.2) is 11.6 Å². The van der Waals surface area contributed by atoms with Gasteiger partial charge in [-0.25, -0.2) is 4.98 Å². The van der Waals surface area contributed by atoms with Crippen LogP contribution in [0.1, 0.15) is 28.7 Å². The van der Waals surface area contributed by atoms with E-state index >= 15 is 0 Å². The molecule has 4 N–H and O–H groups in total. The first kappa shape index (κ1) is 16.0. The number of hydrogen-bond donors (Lipinski definition) is 3. The lowest BCUT2D eigenvalue weighted by atomic mass is 10.0. The maximum absolute atomic E-state index is 11.7. The van der Waals surface area contributed by atoms with Gasteiger partial charge in [-0.3, -0.25) is 19.7 Å². The molecule has 3 heterocycles. The van der Waals surface area contributed by atoms with Crippen molar-refractivity contribution in [2.24, 2.45) is 5.73 Å². The summed E-state index contributed by atoms with van der Waals surface area (Å²) < 4.78 is 1.85. The van der Waals surface area contributed by atoms with Gasteiger partial charge in [0.25, 0.3) is 0 Å². The van der Waals surface area contributed by atoms with E-state index in [0.29, 0.717) is 29.3 Å². The minimum Gasteiger partial charge on any atom is -0.366 e. The summed E-state index contributed by atoms with van der Waals surface area (Å²) in [6.45, 7) is 6.52. The van der Waals surface area contributed by atoms with Crippen LogP contribution in [0.2, 0.25) is 0 Å².